The number of hydrogen-bond acceptors (Lipinski definition) is 7. The number of amides is 2. The van der Waals surface area contributed by atoms with Crippen LogP contribution in [0.15, 0.2) is 79.1 Å². The highest BCUT2D eigenvalue weighted by molar-refractivity contribution is 6.40. The average Bonchev–Trinajstić information content (AvgIpc) is 3.44. The van der Waals surface area contributed by atoms with Gasteiger partial charge in [-0.2, -0.15) is 0 Å². The quantitative estimate of drug-likeness (QED) is 0.0595. The van der Waals surface area contributed by atoms with E-state index in [1.165, 1.54) is 0 Å². The van der Waals surface area contributed by atoms with Crippen LogP contribution in [0.4, 0.5) is 0 Å². The van der Waals surface area contributed by atoms with Crippen LogP contribution in [-0.2, 0) is 38.8 Å². The maximum absolute atomic E-state index is 12.5. The number of rotatable bonds is 15. The van der Waals surface area contributed by atoms with E-state index < -0.39 is 6.29 Å². The van der Waals surface area contributed by atoms with Crippen LogP contribution in [0.2, 0.25) is 10.3 Å². The summed E-state index contributed by atoms with van der Waals surface area (Å²) in [4.78, 5) is 27.7. The van der Waals surface area contributed by atoms with E-state index in [-0.39, 0.29) is 42.2 Å². The first-order chi connectivity index (χ1) is 23.3. The molecule has 2 amide bonds. The van der Waals surface area contributed by atoms with E-state index in [1.807, 2.05) is 72.8 Å². The van der Waals surface area contributed by atoms with Crippen LogP contribution in [0.1, 0.15) is 79.6 Å². The Balaban J connectivity index is 1.23. The average molecular weight is 696 g/mol. The number of ether oxygens (including phenoxy) is 2. The highest BCUT2D eigenvalue weighted by atomic mass is 35.5. The largest absolute Gasteiger partial charge is 0.392 e. The van der Waals surface area contributed by atoms with Gasteiger partial charge in [0, 0.05) is 31.4 Å². The van der Waals surface area contributed by atoms with Crippen LogP contribution < -0.4 is 10.8 Å². The van der Waals surface area contributed by atoms with Crippen molar-refractivity contribution in [1.29, 1.82) is 0 Å². The fourth-order valence-electron chi connectivity index (χ4n) is 5.76. The van der Waals surface area contributed by atoms with Crippen molar-refractivity contribution in [2.45, 2.75) is 83.1 Å². The van der Waals surface area contributed by atoms with Crippen molar-refractivity contribution >= 4 is 35.0 Å². The van der Waals surface area contributed by atoms with Crippen LogP contribution in [0.5, 0.6) is 0 Å². The van der Waals surface area contributed by atoms with Crippen molar-refractivity contribution in [2.75, 3.05) is 0 Å². The summed E-state index contributed by atoms with van der Waals surface area (Å²) >= 11 is 12.5. The minimum atomic E-state index is -0.639. The van der Waals surface area contributed by atoms with E-state index in [0.29, 0.717) is 37.5 Å². The zero-order chi connectivity index (χ0) is 33.9. The zero-order valence-corrected chi connectivity index (χ0v) is 28.0. The fraction of sp³-hybridized carbons (Fsp3) is 0.361. The Morgan fingerprint density at radius 3 is 2.23 bits per heavy atom. The Morgan fingerprint density at radius 2 is 1.56 bits per heavy atom. The van der Waals surface area contributed by atoms with E-state index in [1.54, 1.807) is 16.4 Å². The van der Waals surface area contributed by atoms with Gasteiger partial charge >= 0.3 is 0 Å². The van der Waals surface area contributed by atoms with Crippen LogP contribution in [0.3, 0.4) is 0 Å². The first-order valence-corrected chi connectivity index (χ1v) is 16.8. The molecule has 1 fully saturated rings. The molecule has 4 aromatic rings. The van der Waals surface area contributed by atoms with E-state index in [4.69, 9.17) is 37.9 Å². The Hall–Kier alpha value is -3.77. The number of imidazole rings is 1. The van der Waals surface area contributed by atoms with Gasteiger partial charge in [-0.25, -0.2) is 10.5 Å². The van der Waals surface area contributed by atoms with Crippen molar-refractivity contribution in [2.24, 2.45) is 0 Å². The first-order valence-electron chi connectivity index (χ1n) is 16.1. The Bertz CT molecular complexity index is 1650. The highest BCUT2D eigenvalue weighted by Gasteiger charge is 2.33. The summed E-state index contributed by atoms with van der Waals surface area (Å²) in [5.74, 6) is -0.409. The molecule has 0 saturated carbocycles. The van der Waals surface area contributed by atoms with Crippen LogP contribution >= 0.6 is 23.2 Å². The summed E-state index contributed by atoms with van der Waals surface area (Å²) in [7, 11) is 0. The maximum Gasteiger partial charge on any atom is 0.243 e. The molecule has 0 bridgehead atoms. The molecular formula is C36H40Cl2N4O6. The van der Waals surface area contributed by atoms with Gasteiger partial charge in [0.25, 0.3) is 0 Å². The van der Waals surface area contributed by atoms with Crippen LogP contribution in [0, 0.1) is 0 Å². The van der Waals surface area contributed by atoms with Crippen molar-refractivity contribution in [3.05, 3.63) is 112 Å². The van der Waals surface area contributed by atoms with Gasteiger partial charge in [0.15, 0.2) is 11.4 Å². The summed E-state index contributed by atoms with van der Waals surface area (Å²) in [5, 5.41) is 21.7. The summed E-state index contributed by atoms with van der Waals surface area (Å²) in [6, 6.07) is 23.8. The molecule has 1 aliphatic heterocycles. The lowest BCUT2D eigenvalue weighted by Gasteiger charge is -2.36. The molecule has 0 radical (unpaired) electrons. The molecule has 12 heteroatoms. The van der Waals surface area contributed by atoms with Crippen molar-refractivity contribution in [3.63, 3.8) is 0 Å². The molecule has 0 aliphatic carbocycles. The lowest BCUT2D eigenvalue weighted by Crippen LogP contribution is -2.32. The molecule has 1 saturated heterocycles. The number of benzene rings is 3. The number of hydroxylamine groups is 1. The molecule has 3 aromatic carbocycles. The molecule has 5 rings (SSSR count). The lowest BCUT2D eigenvalue weighted by atomic mass is 9.97. The van der Waals surface area contributed by atoms with Gasteiger partial charge in [0.2, 0.25) is 11.8 Å². The summed E-state index contributed by atoms with van der Waals surface area (Å²) in [6.07, 6.45) is 4.81. The van der Waals surface area contributed by atoms with Gasteiger partial charge in [-0.15, -0.1) is 0 Å². The normalized spacial score (nSPS) is 17.6. The number of unbranched alkanes of at least 4 members (excludes halogenated alkanes) is 3. The topological polar surface area (TPSA) is 135 Å². The minimum absolute atomic E-state index is 0.0193. The van der Waals surface area contributed by atoms with E-state index in [2.05, 4.69) is 10.3 Å². The number of aromatic nitrogens is 2. The monoisotopic (exact) mass is 694 g/mol. The summed E-state index contributed by atoms with van der Waals surface area (Å²) < 4.78 is 14.7. The Kier molecular flexibility index (Phi) is 13.0. The summed E-state index contributed by atoms with van der Waals surface area (Å²) in [6.45, 7) is 0.824. The zero-order valence-electron chi connectivity index (χ0n) is 26.5. The Labute approximate surface area is 290 Å². The maximum atomic E-state index is 12.5. The molecule has 0 unspecified atom stereocenters. The predicted octanol–water partition coefficient (Wildman–Crippen LogP) is 7.06. The second-order valence-corrected chi connectivity index (χ2v) is 12.5. The third-order valence-electron chi connectivity index (χ3n) is 8.42. The number of carbonyl (C=O) groups is 2. The molecule has 10 nitrogen and oxygen atoms in total. The van der Waals surface area contributed by atoms with Gasteiger partial charge in [-0.05, 0) is 40.7 Å². The Morgan fingerprint density at radius 1 is 0.875 bits per heavy atom. The number of carbonyl (C=O) groups excluding carboxylic acids is 2. The molecule has 1 aliphatic rings. The molecule has 254 valence electrons. The third-order valence-corrected chi connectivity index (χ3v) is 9.19. The lowest BCUT2D eigenvalue weighted by molar-refractivity contribution is -0.252. The number of nitrogens with one attached hydrogen (secondary N) is 2. The molecule has 4 N–H and O–H groups in total. The van der Waals surface area contributed by atoms with Crippen LogP contribution in [0.25, 0.3) is 11.1 Å². The van der Waals surface area contributed by atoms with Crippen molar-refractivity contribution in [1.82, 2.24) is 20.3 Å². The number of aliphatic hydroxyl groups is 1. The van der Waals surface area contributed by atoms with E-state index in [9.17, 15) is 14.7 Å². The molecule has 2 heterocycles. The number of nitrogens with zero attached hydrogens (tertiary/aromatic N) is 2. The van der Waals surface area contributed by atoms with Gasteiger partial charge in [-0.3, -0.25) is 14.8 Å². The highest BCUT2D eigenvalue weighted by Crippen LogP contribution is 2.39. The van der Waals surface area contributed by atoms with E-state index >= 15 is 0 Å². The first kappa shape index (κ1) is 35.5. The van der Waals surface area contributed by atoms with Gasteiger partial charge < -0.3 is 24.5 Å². The second kappa shape index (κ2) is 17.6. The van der Waals surface area contributed by atoms with Gasteiger partial charge in [0.1, 0.15) is 5.15 Å². The smallest absolute Gasteiger partial charge is 0.243 e. The van der Waals surface area contributed by atoms with Gasteiger partial charge in [-0.1, -0.05) is 109 Å². The third kappa shape index (κ3) is 9.65. The van der Waals surface area contributed by atoms with Crippen molar-refractivity contribution < 1.29 is 29.4 Å². The minimum Gasteiger partial charge on any atom is -0.392 e. The summed E-state index contributed by atoms with van der Waals surface area (Å²) in [5.41, 5.74) is 7.32. The fourth-order valence-corrected chi connectivity index (χ4v) is 6.07. The number of halogens is 2. The SMILES string of the molecule is O=C(CCCCCCC(=O)NCc1ccccc1-c1ccc([C@@H]2O[C@H](Cn3cnc(Cl)c3Cl)C[C@H](c3ccc(CO)cc3)O2)cc1)NO. The van der Waals surface area contributed by atoms with Crippen molar-refractivity contribution in [3.8, 4) is 11.1 Å². The molecule has 3 atom stereocenters. The van der Waals surface area contributed by atoms with E-state index in [0.717, 1.165) is 52.6 Å². The predicted molar refractivity (Wildman–Crippen MR) is 182 cm³/mol. The molecule has 48 heavy (non-hydrogen) atoms. The molecular weight excluding hydrogens is 655 g/mol. The van der Waals surface area contributed by atoms with Gasteiger partial charge in [0.05, 0.1) is 31.7 Å². The number of aliphatic hydroxyl groups excluding tert-OH is 1. The molecule has 1 aromatic heterocycles. The number of hydrogen-bond donors (Lipinski definition) is 4. The molecule has 0 spiro atoms. The standard InChI is InChI=1S/C36H40Cl2N4O6/c37-34-35(38)42(23-40-34)21-29-19-31(26-13-11-24(22-43)12-14-26)48-36(47-29)27-17-15-25(16-18-27)30-8-6-5-7-28(30)20-39-32(44)9-3-1-2-4-10-33(45)41-46/h5-8,11-18,23,29,31,36,43,46H,1-4,9-10,19-22H2,(H,39,44)(H,41,45)/t29-,31+,36+/m0/s1. The van der Waals surface area contributed by atoms with Crippen LogP contribution in [-0.4, -0.2) is 37.8 Å². The second-order valence-electron chi connectivity index (χ2n) is 11.8.